The Morgan fingerprint density at radius 3 is 2.71 bits per heavy atom. The molecule has 2 aliphatic rings. The Kier molecular flexibility index (Phi) is 4.46. The molecule has 1 aromatic rings. The van der Waals surface area contributed by atoms with Gasteiger partial charge in [-0.1, -0.05) is 6.07 Å². The third-order valence-electron chi connectivity index (χ3n) is 5.16. The van der Waals surface area contributed by atoms with Gasteiger partial charge in [-0.3, -0.25) is 9.88 Å². The van der Waals surface area contributed by atoms with Crippen LogP contribution in [0.3, 0.4) is 0 Å². The molecule has 0 radical (unpaired) electrons. The van der Waals surface area contributed by atoms with E-state index in [1.807, 2.05) is 23.1 Å². The summed E-state index contributed by atoms with van der Waals surface area (Å²) < 4.78 is 29.4. The van der Waals surface area contributed by atoms with Crippen molar-refractivity contribution < 1.29 is 13.6 Å². The van der Waals surface area contributed by atoms with Gasteiger partial charge in [0.2, 0.25) is 0 Å². The number of rotatable bonds is 2. The van der Waals surface area contributed by atoms with Gasteiger partial charge in [0.1, 0.15) is 0 Å². The van der Waals surface area contributed by atoms with Gasteiger partial charge >= 0.3 is 6.03 Å². The van der Waals surface area contributed by atoms with Crippen LogP contribution < -0.4 is 0 Å². The highest BCUT2D eigenvalue weighted by Crippen LogP contribution is 2.49. The van der Waals surface area contributed by atoms with Gasteiger partial charge in [0, 0.05) is 52.9 Å². The number of piperidine rings is 1. The minimum Gasteiger partial charge on any atom is -0.331 e. The van der Waals surface area contributed by atoms with Gasteiger partial charge in [-0.05, 0) is 25.1 Å². The second kappa shape index (κ2) is 6.27. The van der Waals surface area contributed by atoms with E-state index in [4.69, 9.17) is 0 Å². The summed E-state index contributed by atoms with van der Waals surface area (Å²) >= 11 is 0. The van der Waals surface area contributed by atoms with Crippen LogP contribution in [0.4, 0.5) is 13.6 Å². The van der Waals surface area contributed by atoms with Gasteiger partial charge < -0.3 is 9.80 Å². The second-order valence-corrected chi connectivity index (χ2v) is 7.12. The van der Waals surface area contributed by atoms with Crippen LogP contribution in [-0.2, 0) is 6.54 Å². The molecule has 24 heavy (non-hydrogen) atoms. The van der Waals surface area contributed by atoms with Crippen molar-refractivity contribution in [3.63, 3.8) is 0 Å². The Morgan fingerprint density at radius 1 is 1.25 bits per heavy atom. The van der Waals surface area contributed by atoms with Crippen molar-refractivity contribution in [2.75, 3.05) is 40.3 Å². The van der Waals surface area contributed by atoms with Crippen LogP contribution in [0.15, 0.2) is 24.4 Å². The lowest BCUT2D eigenvalue weighted by atomic mass is 9.75. The van der Waals surface area contributed by atoms with E-state index in [1.165, 1.54) is 4.90 Å². The molecule has 2 fully saturated rings. The number of likely N-dealkylation sites (tertiary alicyclic amines) is 2. The molecular formula is C17H24F2N4O. The number of urea groups is 1. The number of amides is 2. The SMILES string of the molecule is CN(C)C(=O)N1CCC(F)(F)C2(CCN(Cc3ccccn3)C2)C1. The van der Waals surface area contributed by atoms with Crippen molar-refractivity contribution in [3.05, 3.63) is 30.1 Å². The van der Waals surface area contributed by atoms with Gasteiger partial charge in [-0.25, -0.2) is 13.6 Å². The molecule has 5 nitrogen and oxygen atoms in total. The first kappa shape index (κ1) is 17.1. The predicted molar refractivity (Wildman–Crippen MR) is 86.8 cm³/mol. The van der Waals surface area contributed by atoms with Crippen molar-refractivity contribution >= 4 is 6.03 Å². The van der Waals surface area contributed by atoms with E-state index in [-0.39, 0.29) is 25.5 Å². The van der Waals surface area contributed by atoms with Crippen LogP contribution in [0, 0.1) is 5.41 Å². The van der Waals surface area contributed by atoms with Crippen LogP contribution in [0.5, 0.6) is 0 Å². The maximum atomic E-state index is 14.7. The minimum absolute atomic E-state index is 0.117. The van der Waals surface area contributed by atoms with E-state index in [9.17, 15) is 13.6 Å². The number of alkyl halides is 2. The molecule has 2 amide bonds. The highest BCUT2D eigenvalue weighted by Gasteiger charge is 2.59. The largest absolute Gasteiger partial charge is 0.331 e. The molecule has 0 aliphatic carbocycles. The Balaban J connectivity index is 1.73. The maximum absolute atomic E-state index is 14.7. The summed E-state index contributed by atoms with van der Waals surface area (Å²) in [6, 6.07) is 5.47. The molecule has 0 bridgehead atoms. The Morgan fingerprint density at radius 2 is 2.04 bits per heavy atom. The summed E-state index contributed by atoms with van der Waals surface area (Å²) in [5.74, 6) is -2.74. The Bertz CT molecular complexity index is 596. The highest BCUT2D eigenvalue weighted by atomic mass is 19.3. The summed E-state index contributed by atoms with van der Waals surface area (Å²) in [7, 11) is 3.31. The fraction of sp³-hybridized carbons (Fsp3) is 0.647. The Labute approximate surface area is 141 Å². The molecule has 2 saturated heterocycles. The predicted octanol–water partition coefficient (Wildman–Crippen LogP) is 2.30. The summed E-state index contributed by atoms with van der Waals surface area (Å²) in [5, 5.41) is 0. The van der Waals surface area contributed by atoms with E-state index in [0.29, 0.717) is 26.1 Å². The average Bonchev–Trinajstić information content (AvgIpc) is 2.95. The van der Waals surface area contributed by atoms with Gasteiger partial charge in [-0.15, -0.1) is 0 Å². The van der Waals surface area contributed by atoms with Crippen LogP contribution >= 0.6 is 0 Å². The Hall–Kier alpha value is -1.76. The quantitative estimate of drug-likeness (QED) is 0.831. The van der Waals surface area contributed by atoms with Crippen molar-refractivity contribution in [1.82, 2.24) is 19.7 Å². The van der Waals surface area contributed by atoms with Crippen LogP contribution in [0.2, 0.25) is 0 Å². The molecule has 0 N–H and O–H groups in total. The topological polar surface area (TPSA) is 39.7 Å². The number of hydrogen-bond acceptors (Lipinski definition) is 3. The van der Waals surface area contributed by atoms with Gasteiger partial charge in [-0.2, -0.15) is 0 Å². The molecular weight excluding hydrogens is 314 g/mol. The number of hydrogen-bond donors (Lipinski definition) is 0. The summed E-state index contributed by atoms with van der Waals surface area (Å²) in [6.07, 6.45) is 1.86. The second-order valence-electron chi connectivity index (χ2n) is 7.12. The standard InChI is InChI=1S/C17H24F2N4O/c1-21(2)15(24)23-10-7-17(18,19)16(13-23)6-9-22(12-16)11-14-5-3-4-8-20-14/h3-5,8H,6-7,9-13H2,1-2H3. The van der Waals surface area contributed by atoms with E-state index in [2.05, 4.69) is 4.98 Å². The summed E-state index contributed by atoms with van der Waals surface area (Å²) in [4.78, 5) is 21.5. The molecule has 0 aromatic carbocycles. The zero-order valence-electron chi connectivity index (χ0n) is 14.2. The average molecular weight is 338 g/mol. The van der Waals surface area contributed by atoms with Crippen LogP contribution in [0.25, 0.3) is 0 Å². The first-order chi connectivity index (χ1) is 11.3. The molecule has 3 rings (SSSR count). The lowest BCUT2D eigenvalue weighted by molar-refractivity contribution is -0.155. The monoisotopic (exact) mass is 338 g/mol. The molecule has 132 valence electrons. The summed E-state index contributed by atoms with van der Waals surface area (Å²) in [6.45, 7) is 1.71. The minimum atomic E-state index is -2.74. The first-order valence-electron chi connectivity index (χ1n) is 8.29. The van der Waals surface area contributed by atoms with E-state index < -0.39 is 11.3 Å². The zero-order chi connectivity index (χ0) is 17.4. The van der Waals surface area contributed by atoms with Gasteiger partial charge in [0.15, 0.2) is 0 Å². The number of nitrogens with zero attached hydrogens (tertiary/aromatic N) is 4. The zero-order valence-corrected chi connectivity index (χ0v) is 14.2. The normalized spacial score (nSPS) is 26.8. The number of carbonyl (C=O) groups excluding carboxylic acids is 1. The third kappa shape index (κ3) is 3.09. The lowest BCUT2D eigenvalue weighted by Gasteiger charge is -2.46. The number of halogens is 2. The maximum Gasteiger partial charge on any atom is 0.319 e. The van der Waals surface area contributed by atoms with Gasteiger partial charge in [0.05, 0.1) is 11.1 Å². The fourth-order valence-electron chi connectivity index (χ4n) is 3.79. The van der Waals surface area contributed by atoms with Gasteiger partial charge in [0.25, 0.3) is 5.92 Å². The highest BCUT2D eigenvalue weighted by molar-refractivity contribution is 5.74. The van der Waals surface area contributed by atoms with E-state index in [1.54, 1.807) is 25.2 Å². The van der Waals surface area contributed by atoms with E-state index >= 15 is 0 Å². The smallest absolute Gasteiger partial charge is 0.319 e. The number of carbonyl (C=O) groups is 1. The lowest BCUT2D eigenvalue weighted by Crippen LogP contribution is -2.59. The molecule has 1 aromatic heterocycles. The van der Waals surface area contributed by atoms with Crippen LogP contribution in [-0.4, -0.2) is 71.9 Å². The van der Waals surface area contributed by atoms with Crippen molar-refractivity contribution in [2.45, 2.75) is 25.3 Å². The first-order valence-corrected chi connectivity index (χ1v) is 8.29. The molecule has 1 spiro atoms. The molecule has 1 atom stereocenters. The molecule has 7 heteroatoms. The van der Waals surface area contributed by atoms with Crippen molar-refractivity contribution in [3.8, 4) is 0 Å². The molecule has 3 heterocycles. The molecule has 1 unspecified atom stereocenters. The summed E-state index contributed by atoms with van der Waals surface area (Å²) in [5.41, 5.74) is -0.263. The van der Waals surface area contributed by atoms with Crippen molar-refractivity contribution in [2.24, 2.45) is 5.41 Å². The fourth-order valence-corrected chi connectivity index (χ4v) is 3.79. The molecule has 0 saturated carbocycles. The van der Waals surface area contributed by atoms with Crippen LogP contribution in [0.1, 0.15) is 18.5 Å². The third-order valence-corrected chi connectivity index (χ3v) is 5.16. The number of pyridine rings is 1. The van der Waals surface area contributed by atoms with Crippen molar-refractivity contribution in [1.29, 1.82) is 0 Å². The number of aromatic nitrogens is 1. The molecule has 2 aliphatic heterocycles. The van der Waals surface area contributed by atoms with E-state index in [0.717, 1.165) is 5.69 Å².